The van der Waals surface area contributed by atoms with Crippen LogP contribution in [0.5, 0.6) is 0 Å². The van der Waals surface area contributed by atoms with Gasteiger partial charge in [0.2, 0.25) is 10.0 Å². The summed E-state index contributed by atoms with van der Waals surface area (Å²) in [6, 6.07) is 5.62. The van der Waals surface area contributed by atoms with Crippen LogP contribution in [0.1, 0.15) is 42.5 Å². The van der Waals surface area contributed by atoms with E-state index in [1.165, 1.54) is 36.2 Å². The molecule has 0 unspecified atom stereocenters. The van der Waals surface area contributed by atoms with E-state index in [1.807, 2.05) is 0 Å². The summed E-state index contributed by atoms with van der Waals surface area (Å²) in [6.45, 7) is -0.314. The maximum Gasteiger partial charge on any atom is 0.327 e. The molecule has 0 bridgehead atoms. The second-order valence-electron chi connectivity index (χ2n) is 7.53. The quantitative estimate of drug-likeness (QED) is 0.548. The van der Waals surface area contributed by atoms with Crippen LogP contribution in [0.4, 0.5) is 10.5 Å². The van der Waals surface area contributed by atoms with Crippen molar-refractivity contribution in [2.45, 2.75) is 37.6 Å². The number of hydrogen-bond donors (Lipinski definition) is 0. The van der Waals surface area contributed by atoms with E-state index in [0.29, 0.717) is 24.1 Å². The van der Waals surface area contributed by atoms with Gasteiger partial charge in [-0.15, -0.1) is 0 Å². The molecule has 1 aromatic carbocycles. The average Bonchev–Trinajstić information content (AvgIpc) is 2.84. The molecule has 1 aromatic rings. The molecule has 1 spiro atoms. The molecule has 3 amide bonds. The molecule has 1 aliphatic carbocycles. The Morgan fingerprint density at radius 1 is 1.11 bits per heavy atom. The van der Waals surface area contributed by atoms with Gasteiger partial charge in [0.1, 0.15) is 5.54 Å². The van der Waals surface area contributed by atoms with Crippen molar-refractivity contribution >= 4 is 33.4 Å². The molecule has 3 rings (SSSR count). The predicted octanol–water partition coefficient (Wildman–Crippen LogP) is 1.86. The lowest BCUT2D eigenvalue weighted by atomic mass is 9.80. The summed E-state index contributed by atoms with van der Waals surface area (Å²) in [7, 11) is -0.344. The summed E-state index contributed by atoms with van der Waals surface area (Å²) >= 11 is 0. The van der Waals surface area contributed by atoms with Crippen LogP contribution in [-0.4, -0.2) is 68.4 Å². The molecule has 0 N–H and O–H groups in total. The Morgan fingerprint density at radius 2 is 1.68 bits per heavy atom. The molecule has 2 fully saturated rings. The Kier molecular flexibility index (Phi) is 5.22. The highest BCUT2D eigenvalue weighted by molar-refractivity contribution is 7.92. The van der Waals surface area contributed by atoms with Crippen molar-refractivity contribution in [2.24, 2.45) is 0 Å². The Balaban J connectivity index is 1.76. The van der Waals surface area contributed by atoms with Crippen molar-refractivity contribution in [3.63, 3.8) is 0 Å². The molecular formula is C19H25N3O5S. The number of carbonyl (C=O) groups excluding carboxylic acids is 3. The largest absolute Gasteiger partial charge is 0.327 e. The Morgan fingerprint density at radius 3 is 2.21 bits per heavy atom. The number of hydrogen-bond acceptors (Lipinski definition) is 5. The first-order valence-electron chi connectivity index (χ1n) is 9.25. The Bertz CT molecular complexity index is 904. The first kappa shape index (κ1) is 20.3. The van der Waals surface area contributed by atoms with E-state index in [-0.39, 0.29) is 18.2 Å². The number of Topliss-reactive ketones (excluding diaryl/α,β-unsaturated/α-hetero) is 1. The van der Waals surface area contributed by atoms with Gasteiger partial charge in [0.15, 0.2) is 5.78 Å². The van der Waals surface area contributed by atoms with Crippen molar-refractivity contribution in [3.8, 4) is 0 Å². The van der Waals surface area contributed by atoms with Crippen LogP contribution in [0.2, 0.25) is 0 Å². The van der Waals surface area contributed by atoms with Crippen molar-refractivity contribution in [1.29, 1.82) is 0 Å². The maximum absolute atomic E-state index is 13.0. The Hall–Kier alpha value is -2.42. The van der Waals surface area contributed by atoms with Crippen molar-refractivity contribution in [2.75, 3.05) is 31.2 Å². The summed E-state index contributed by atoms with van der Waals surface area (Å²) in [6.07, 6.45) is 5.18. The zero-order valence-corrected chi connectivity index (χ0v) is 17.2. The van der Waals surface area contributed by atoms with Crippen LogP contribution in [0, 0.1) is 0 Å². The molecule has 1 aliphatic heterocycles. The summed E-state index contributed by atoms with van der Waals surface area (Å²) in [5.41, 5.74) is -0.0655. The second kappa shape index (κ2) is 7.20. The van der Waals surface area contributed by atoms with Gasteiger partial charge in [0.25, 0.3) is 5.91 Å². The van der Waals surface area contributed by atoms with Crippen molar-refractivity contribution in [1.82, 2.24) is 9.80 Å². The van der Waals surface area contributed by atoms with Gasteiger partial charge in [0, 0.05) is 19.7 Å². The number of carbonyl (C=O) groups is 3. The molecule has 2 aliphatic rings. The molecule has 0 radical (unpaired) electrons. The zero-order valence-electron chi connectivity index (χ0n) is 16.3. The minimum atomic E-state index is -3.40. The van der Waals surface area contributed by atoms with E-state index in [9.17, 15) is 22.8 Å². The molecule has 1 saturated carbocycles. The van der Waals surface area contributed by atoms with Crippen LogP contribution in [0.25, 0.3) is 0 Å². The monoisotopic (exact) mass is 407 g/mol. The first-order chi connectivity index (χ1) is 13.1. The highest BCUT2D eigenvalue weighted by atomic mass is 32.2. The zero-order chi connectivity index (χ0) is 20.7. The summed E-state index contributed by atoms with van der Waals surface area (Å²) in [4.78, 5) is 40.8. The van der Waals surface area contributed by atoms with E-state index < -0.39 is 21.6 Å². The summed E-state index contributed by atoms with van der Waals surface area (Å²) < 4.78 is 24.3. The predicted molar refractivity (Wildman–Crippen MR) is 105 cm³/mol. The number of amides is 3. The van der Waals surface area contributed by atoms with E-state index in [4.69, 9.17) is 0 Å². The van der Waals surface area contributed by atoms with Crippen LogP contribution >= 0.6 is 0 Å². The normalized spacial score (nSPS) is 19.4. The van der Waals surface area contributed by atoms with E-state index >= 15 is 0 Å². The smallest absolute Gasteiger partial charge is 0.313 e. The van der Waals surface area contributed by atoms with Crippen LogP contribution in [-0.2, 0) is 14.8 Å². The molecule has 9 heteroatoms. The van der Waals surface area contributed by atoms with Crippen LogP contribution in [0.3, 0.4) is 0 Å². The number of ketones is 1. The van der Waals surface area contributed by atoms with E-state index in [0.717, 1.165) is 34.7 Å². The van der Waals surface area contributed by atoms with E-state index in [2.05, 4.69) is 0 Å². The fourth-order valence-electron chi connectivity index (χ4n) is 3.95. The number of benzene rings is 1. The summed E-state index contributed by atoms with van der Waals surface area (Å²) in [5.74, 6) is -0.655. The number of rotatable bonds is 5. The van der Waals surface area contributed by atoms with Gasteiger partial charge in [-0.05, 0) is 37.1 Å². The van der Waals surface area contributed by atoms with Crippen LogP contribution in [0.15, 0.2) is 24.3 Å². The Labute approximate surface area is 165 Å². The molecule has 152 valence electrons. The average molecular weight is 407 g/mol. The van der Waals surface area contributed by atoms with Crippen molar-refractivity contribution < 1.29 is 22.8 Å². The highest BCUT2D eigenvalue weighted by Gasteiger charge is 2.55. The van der Waals surface area contributed by atoms with Gasteiger partial charge < -0.3 is 4.90 Å². The fourth-order valence-corrected chi connectivity index (χ4v) is 4.46. The van der Waals surface area contributed by atoms with Gasteiger partial charge in [-0.1, -0.05) is 19.3 Å². The fraction of sp³-hybridized carbons (Fsp3) is 0.526. The molecular weight excluding hydrogens is 382 g/mol. The third-order valence-corrected chi connectivity index (χ3v) is 7.04. The number of likely N-dealkylation sites (N-methyl/N-ethyl adjacent to an activating group) is 1. The highest BCUT2D eigenvalue weighted by Crippen LogP contribution is 2.39. The third kappa shape index (κ3) is 3.39. The number of urea groups is 1. The number of sulfonamides is 1. The van der Waals surface area contributed by atoms with Crippen LogP contribution < -0.4 is 4.31 Å². The molecule has 0 aromatic heterocycles. The maximum atomic E-state index is 13.0. The second-order valence-corrected chi connectivity index (χ2v) is 9.54. The van der Waals surface area contributed by atoms with E-state index in [1.54, 1.807) is 7.05 Å². The first-order valence-corrected chi connectivity index (χ1v) is 11.1. The lowest BCUT2D eigenvalue weighted by molar-refractivity contribution is -0.134. The van der Waals surface area contributed by atoms with Crippen molar-refractivity contribution in [3.05, 3.63) is 29.8 Å². The number of anilines is 1. The van der Waals surface area contributed by atoms with Gasteiger partial charge >= 0.3 is 6.03 Å². The third-order valence-electron chi connectivity index (χ3n) is 5.84. The topological polar surface area (TPSA) is 95.1 Å². The lowest BCUT2D eigenvalue weighted by Crippen LogP contribution is -2.49. The van der Waals surface area contributed by atoms with Gasteiger partial charge in [0.05, 0.1) is 18.5 Å². The van der Waals surface area contributed by atoms with Gasteiger partial charge in [-0.25, -0.2) is 13.2 Å². The molecule has 1 saturated heterocycles. The molecule has 28 heavy (non-hydrogen) atoms. The molecule has 0 atom stereocenters. The number of imide groups is 1. The minimum Gasteiger partial charge on any atom is -0.313 e. The molecule has 8 nitrogen and oxygen atoms in total. The van der Waals surface area contributed by atoms with Gasteiger partial charge in [-0.2, -0.15) is 0 Å². The SMILES string of the molecule is CN1C(=O)N(CC(=O)c2ccc(N(C)S(C)(=O)=O)cc2)C(=O)C12CCCCC2. The lowest BCUT2D eigenvalue weighted by Gasteiger charge is -2.35. The standard InChI is InChI=1S/C19H25N3O5S/c1-20-18(25)22(17(24)19(20)11-5-4-6-12-19)13-16(23)14-7-9-15(10-8-14)21(2)28(3,26)27/h7-10H,4-6,11-13H2,1-3H3. The number of nitrogens with zero attached hydrogens (tertiary/aromatic N) is 3. The minimum absolute atomic E-state index is 0.290. The summed E-state index contributed by atoms with van der Waals surface area (Å²) in [5, 5.41) is 0. The van der Waals surface area contributed by atoms with Gasteiger partial charge in [-0.3, -0.25) is 18.8 Å². The molecule has 1 heterocycles.